The van der Waals surface area contributed by atoms with Gasteiger partial charge in [0.2, 0.25) is 0 Å². The van der Waals surface area contributed by atoms with Gasteiger partial charge in [-0.25, -0.2) is 14.4 Å². The first kappa shape index (κ1) is 15.0. The smallest absolute Gasteiger partial charge is 0.328 e. The summed E-state index contributed by atoms with van der Waals surface area (Å²) in [5.74, 6) is -0.673. The zero-order valence-corrected chi connectivity index (χ0v) is 12.1. The van der Waals surface area contributed by atoms with E-state index >= 15 is 0 Å². The van der Waals surface area contributed by atoms with Crippen molar-refractivity contribution in [3.8, 4) is 0 Å². The molecule has 1 N–H and O–H groups in total. The van der Waals surface area contributed by atoms with Gasteiger partial charge in [-0.2, -0.15) is 0 Å². The summed E-state index contributed by atoms with van der Waals surface area (Å²) in [4.78, 5) is 38.2. The molecule has 0 aliphatic carbocycles. The number of carboxylic acid groups (broad SMARTS) is 1. The second-order valence-corrected chi connectivity index (χ2v) is 5.71. The number of hydrogen-bond acceptors (Lipinski definition) is 5. The van der Waals surface area contributed by atoms with E-state index in [0.717, 1.165) is 6.42 Å². The maximum Gasteiger partial charge on any atom is 0.328 e. The summed E-state index contributed by atoms with van der Waals surface area (Å²) in [5, 5.41) is 9.12. The molecule has 112 valence electrons. The summed E-state index contributed by atoms with van der Waals surface area (Å²) in [5.41, 5.74) is 0. The normalized spacial score (nSPS) is 25.9. The monoisotopic (exact) mass is 302 g/mol. The summed E-state index contributed by atoms with van der Waals surface area (Å²) in [6.07, 6.45) is 1.30. The Hall–Kier alpha value is -1.44. The average molecular weight is 302 g/mol. The second kappa shape index (κ2) is 6.34. The lowest BCUT2D eigenvalue weighted by Crippen LogP contribution is -2.52. The molecule has 2 aliphatic heterocycles. The van der Waals surface area contributed by atoms with Crippen LogP contribution in [0.5, 0.6) is 0 Å². The minimum atomic E-state index is -1.00. The molecule has 2 aliphatic rings. The zero-order chi connectivity index (χ0) is 14.7. The van der Waals surface area contributed by atoms with Crippen LogP contribution in [-0.2, 0) is 14.3 Å². The molecule has 8 heteroatoms. The van der Waals surface area contributed by atoms with E-state index in [9.17, 15) is 14.4 Å². The first-order valence-corrected chi connectivity index (χ1v) is 7.76. The Balaban J connectivity index is 2.07. The van der Waals surface area contributed by atoms with Gasteiger partial charge in [0.15, 0.2) is 0 Å². The van der Waals surface area contributed by atoms with Gasteiger partial charge in [-0.1, -0.05) is 0 Å². The van der Waals surface area contributed by atoms with Crippen molar-refractivity contribution in [2.75, 3.05) is 24.8 Å². The summed E-state index contributed by atoms with van der Waals surface area (Å²) >= 11 is 1.41. The molecule has 0 aromatic heterocycles. The Morgan fingerprint density at radius 2 is 2.05 bits per heavy atom. The Labute approximate surface area is 121 Å². The molecule has 2 saturated heterocycles. The number of esters is 1. The predicted octanol–water partition coefficient (Wildman–Crippen LogP) is 0.593. The summed E-state index contributed by atoms with van der Waals surface area (Å²) in [6.45, 7) is 2.46. The third kappa shape index (κ3) is 2.84. The Kier molecular flexibility index (Phi) is 4.74. The van der Waals surface area contributed by atoms with Crippen molar-refractivity contribution in [3.63, 3.8) is 0 Å². The maximum atomic E-state index is 12.4. The van der Waals surface area contributed by atoms with Crippen molar-refractivity contribution in [1.29, 1.82) is 0 Å². The molecule has 2 unspecified atom stereocenters. The van der Waals surface area contributed by atoms with E-state index in [1.165, 1.54) is 21.6 Å². The molecule has 20 heavy (non-hydrogen) atoms. The minimum Gasteiger partial charge on any atom is -0.480 e. The fraction of sp³-hybridized carbons (Fsp3) is 0.750. The highest BCUT2D eigenvalue weighted by molar-refractivity contribution is 7.99. The number of urea groups is 1. The third-order valence-electron chi connectivity index (χ3n) is 3.47. The SMILES string of the molecule is CCOC(=O)C1CCCN1C(=O)N1CSCC1C(=O)O. The number of aliphatic carboxylic acids is 1. The average Bonchev–Trinajstić information content (AvgIpc) is 3.07. The van der Waals surface area contributed by atoms with Crippen molar-refractivity contribution in [2.45, 2.75) is 31.8 Å². The number of carboxylic acids is 1. The van der Waals surface area contributed by atoms with Gasteiger partial charge in [0.1, 0.15) is 12.1 Å². The molecule has 0 radical (unpaired) electrons. The number of amides is 2. The van der Waals surface area contributed by atoms with Gasteiger partial charge in [0.05, 0.1) is 12.5 Å². The van der Waals surface area contributed by atoms with Crippen LogP contribution in [0.25, 0.3) is 0 Å². The molecule has 2 amide bonds. The van der Waals surface area contributed by atoms with E-state index in [1.54, 1.807) is 6.92 Å². The molecule has 0 bridgehead atoms. The minimum absolute atomic E-state index is 0.273. The van der Waals surface area contributed by atoms with Gasteiger partial charge >= 0.3 is 18.0 Å². The quantitative estimate of drug-likeness (QED) is 0.768. The number of likely N-dealkylation sites (tertiary alicyclic amines) is 1. The predicted molar refractivity (Wildman–Crippen MR) is 72.3 cm³/mol. The lowest BCUT2D eigenvalue weighted by atomic mass is 10.2. The number of carbonyl (C=O) groups is 3. The van der Waals surface area contributed by atoms with Crippen LogP contribution in [0.4, 0.5) is 4.79 Å². The van der Waals surface area contributed by atoms with Gasteiger partial charge in [-0.15, -0.1) is 11.8 Å². The Morgan fingerprint density at radius 1 is 1.30 bits per heavy atom. The maximum absolute atomic E-state index is 12.4. The fourth-order valence-corrected chi connectivity index (χ4v) is 3.62. The van der Waals surface area contributed by atoms with Gasteiger partial charge in [0.25, 0.3) is 0 Å². The van der Waals surface area contributed by atoms with Crippen LogP contribution in [0.3, 0.4) is 0 Å². The molecule has 2 atom stereocenters. The fourth-order valence-electron chi connectivity index (χ4n) is 2.48. The van der Waals surface area contributed by atoms with E-state index in [4.69, 9.17) is 9.84 Å². The Morgan fingerprint density at radius 3 is 2.70 bits per heavy atom. The van der Waals surface area contributed by atoms with Gasteiger partial charge < -0.3 is 19.6 Å². The molecule has 0 spiro atoms. The molecule has 2 fully saturated rings. The van der Waals surface area contributed by atoms with Crippen LogP contribution in [-0.4, -0.2) is 69.7 Å². The van der Waals surface area contributed by atoms with Crippen molar-refractivity contribution in [1.82, 2.24) is 9.80 Å². The summed E-state index contributed by atoms with van der Waals surface area (Å²) < 4.78 is 4.97. The van der Waals surface area contributed by atoms with Crippen LogP contribution in [0, 0.1) is 0 Å². The highest BCUT2D eigenvalue weighted by Crippen LogP contribution is 2.26. The molecule has 0 aromatic carbocycles. The first-order valence-electron chi connectivity index (χ1n) is 6.60. The van der Waals surface area contributed by atoms with Gasteiger partial charge in [0, 0.05) is 12.3 Å². The first-order chi connectivity index (χ1) is 9.56. The zero-order valence-electron chi connectivity index (χ0n) is 11.3. The van der Waals surface area contributed by atoms with Crippen LogP contribution in [0.15, 0.2) is 0 Å². The van der Waals surface area contributed by atoms with Gasteiger partial charge in [-0.3, -0.25) is 0 Å². The van der Waals surface area contributed by atoms with E-state index in [-0.39, 0.29) is 12.6 Å². The number of carbonyl (C=O) groups excluding carboxylic acids is 2. The lowest BCUT2D eigenvalue weighted by Gasteiger charge is -2.29. The van der Waals surface area contributed by atoms with E-state index in [2.05, 4.69) is 0 Å². The highest BCUT2D eigenvalue weighted by Gasteiger charge is 2.42. The van der Waals surface area contributed by atoms with Crippen LogP contribution >= 0.6 is 11.8 Å². The second-order valence-electron chi connectivity index (χ2n) is 4.71. The lowest BCUT2D eigenvalue weighted by molar-refractivity contribution is -0.147. The molecule has 7 nitrogen and oxygen atoms in total. The van der Waals surface area contributed by atoms with Gasteiger partial charge in [-0.05, 0) is 19.8 Å². The molecule has 2 rings (SSSR count). The molecular formula is C12H18N2O5S. The number of nitrogens with zero attached hydrogens (tertiary/aromatic N) is 2. The number of ether oxygens (including phenoxy) is 1. The standard InChI is InChI=1S/C12H18N2O5S/c1-2-19-11(17)8-4-3-5-13(8)12(18)14-7-20-6-9(14)10(15)16/h8-9H,2-7H2,1H3,(H,15,16). The third-order valence-corrected chi connectivity index (χ3v) is 4.48. The van der Waals surface area contributed by atoms with Crippen molar-refractivity contribution < 1.29 is 24.2 Å². The highest BCUT2D eigenvalue weighted by atomic mass is 32.2. The van der Waals surface area contributed by atoms with Crippen molar-refractivity contribution in [2.24, 2.45) is 0 Å². The van der Waals surface area contributed by atoms with Crippen molar-refractivity contribution in [3.05, 3.63) is 0 Å². The van der Waals surface area contributed by atoms with Crippen LogP contribution in [0.1, 0.15) is 19.8 Å². The molecular weight excluding hydrogens is 284 g/mol. The summed E-state index contributed by atoms with van der Waals surface area (Å²) in [6, 6.07) is -1.77. The Bertz CT molecular complexity index is 417. The topological polar surface area (TPSA) is 87.2 Å². The van der Waals surface area contributed by atoms with Crippen molar-refractivity contribution >= 4 is 29.7 Å². The molecule has 0 aromatic rings. The summed E-state index contributed by atoms with van der Waals surface area (Å²) in [7, 11) is 0. The van der Waals surface area contributed by atoms with Crippen LogP contribution in [0.2, 0.25) is 0 Å². The molecule has 0 saturated carbocycles. The van der Waals surface area contributed by atoms with E-state index in [0.29, 0.717) is 24.6 Å². The largest absolute Gasteiger partial charge is 0.480 e. The van der Waals surface area contributed by atoms with Crippen LogP contribution < -0.4 is 0 Å². The van der Waals surface area contributed by atoms with E-state index in [1.807, 2.05) is 0 Å². The molecule has 2 heterocycles. The van der Waals surface area contributed by atoms with E-state index < -0.39 is 24.0 Å². The number of thioether (sulfide) groups is 1. The number of hydrogen-bond donors (Lipinski definition) is 1. The number of rotatable bonds is 3.